The summed E-state index contributed by atoms with van der Waals surface area (Å²) in [4.78, 5) is 4.54. The van der Waals surface area contributed by atoms with Gasteiger partial charge < -0.3 is 10.6 Å². The Labute approximate surface area is 141 Å². The van der Waals surface area contributed by atoms with Gasteiger partial charge in [0.05, 0.1) is 18.8 Å². The highest BCUT2D eigenvalue weighted by Crippen LogP contribution is 1.97. The fourth-order valence-electron chi connectivity index (χ4n) is 1.78. The van der Waals surface area contributed by atoms with E-state index in [2.05, 4.69) is 32.7 Å². The second-order valence-corrected chi connectivity index (χ2v) is 4.34. The van der Waals surface area contributed by atoms with Gasteiger partial charge in [-0.25, -0.2) is 4.99 Å². The maximum Gasteiger partial charge on any atom is 0.191 e. The summed E-state index contributed by atoms with van der Waals surface area (Å²) >= 11 is 0. The SMILES string of the molecule is CCNC(=NCc1ccnn1C)NCCn1cccn1.I. The van der Waals surface area contributed by atoms with Crippen LogP contribution in [0.1, 0.15) is 12.6 Å². The molecule has 7 nitrogen and oxygen atoms in total. The van der Waals surface area contributed by atoms with E-state index in [4.69, 9.17) is 0 Å². The highest BCUT2D eigenvalue weighted by Gasteiger charge is 2.00. The number of nitrogens with zero attached hydrogens (tertiary/aromatic N) is 5. The van der Waals surface area contributed by atoms with Crippen molar-refractivity contribution in [2.75, 3.05) is 13.1 Å². The Morgan fingerprint density at radius 3 is 2.76 bits per heavy atom. The normalized spacial score (nSPS) is 11.0. The summed E-state index contributed by atoms with van der Waals surface area (Å²) in [6.45, 7) is 5.07. The molecule has 0 atom stereocenters. The van der Waals surface area contributed by atoms with Crippen LogP contribution in [0.15, 0.2) is 35.7 Å². The molecule has 0 spiro atoms. The van der Waals surface area contributed by atoms with Gasteiger partial charge in [-0.1, -0.05) is 0 Å². The molecule has 0 aromatic carbocycles. The van der Waals surface area contributed by atoms with Gasteiger partial charge in [-0.15, -0.1) is 24.0 Å². The van der Waals surface area contributed by atoms with Gasteiger partial charge in [-0.3, -0.25) is 9.36 Å². The third-order valence-electron chi connectivity index (χ3n) is 2.86. The van der Waals surface area contributed by atoms with E-state index >= 15 is 0 Å². The maximum atomic E-state index is 4.54. The molecule has 2 heterocycles. The Morgan fingerprint density at radius 1 is 1.29 bits per heavy atom. The zero-order chi connectivity index (χ0) is 14.2. The maximum absolute atomic E-state index is 4.54. The highest BCUT2D eigenvalue weighted by atomic mass is 127. The predicted molar refractivity (Wildman–Crippen MR) is 93.7 cm³/mol. The van der Waals surface area contributed by atoms with E-state index in [0.29, 0.717) is 6.54 Å². The first-order valence-corrected chi connectivity index (χ1v) is 6.76. The molecule has 2 rings (SSSR count). The first-order valence-electron chi connectivity index (χ1n) is 6.76. The lowest BCUT2D eigenvalue weighted by atomic mass is 10.4. The zero-order valence-electron chi connectivity index (χ0n) is 12.4. The number of aryl methyl sites for hydroxylation is 1. The van der Waals surface area contributed by atoms with Gasteiger partial charge in [0.2, 0.25) is 0 Å². The number of hydrogen-bond acceptors (Lipinski definition) is 3. The number of nitrogens with one attached hydrogen (secondary N) is 2. The molecule has 8 heteroatoms. The van der Waals surface area contributed by atoms with Gasteiger partial charge in [-0.05, 0) is 19.1 Å². The van der Waals surface area contributed by atoms with E-state index in [1.807, 2.05) is 34.7 Å². The van der Waals surface area contributed by atoms with E-state index in [9.17, 15) is 0 Å². The smallest absolute Gasteiger partial charge is 0.191 e. The van der Waals surface area contributed by atoms with Crippen LogP contribution in [-0.4, -0.2) is 38.6 Å². The molecule has 0 fully saturated rings. The molecule has 21 heavy (non-hydrogen) atoms. The van der Waals surface area contributed by atoms with Gasteiger partial charge in [0.15, 0.2) is 5.96 Å². The van der Waals surface area contributed by atoms with Crippen LogP contribution in [0.3, 0.4) is 0 Å². The van der Waals surface area contributed by atoms with Gasteiger partial charge >= 0.3 is 0 Å². The molecule has 2 aromatic heterocycles. The van der Waals surface area contributed by atoms with E-state index in [0.717, 1.165) is 31.3 Å². The van der Waals surface area contributed by atoms with Crippen molar-refractivity contribution in [1.29, 1.82) is 0 Å². The van der Waals surface area contributed by atoms with Crippen molar-refractivity contribution < 1.29 is 0 Å². The standard InChI is InChI=1S/C13H21N7.HI/c1-3-14-13(15-8-10-20-9-4-6-18-20)16-11-12-5-7-17-19(12)2;/h4-7,9H,3,8,10-11H2,1-2H3,(H2,14,15,16);1H. The molecule has 0 radical (unpaired) electrons. The molecule has 0 bridgehead atoms. The first kappa shape index (κ1) is 17.5. The number of rotatable bonds is 6. The molecule has 116 valence electrons. The Bertz CT molecular complexity index is 532. The quantitative estimate of drug-likeness (QED) is 0.429. The summed E-state index contributed by atoms with van der Waals surface area (Å²) in [5.74, 6) is 0.806. The molecule has 0 aliphatic carbocycles. The average Bonchev–Trinajstić information content (AvgIpc) is 3.08. The average molecular weight is 403 g/mol. The Hall–Kier alpha value is -1.58. The van der Waals surface area contributed by atoms with Crippen molar-refractivity contribution in [2.24, 2.45) is 12.0 Å². The fraction of sp³-hybridized carbons (Fsp3) is 0.462. The van der Waals surface area contributed by atoms with Gasteiger partial charge in [0.1, 0.15) is 0 Å². The Balaban J connectivity index is 0.00000220. The molecule has 0 unspecified atom stereocenters. The van der Waals surface area contributed by atoms with Crippen LogP contribution in [0.5, 0.6) is 0 Å². The third-order valence-corrected chi connectivity index (χ3v) is 2.86. The molecule has 0 amide bonds. The van der Waals surface area contributed by atoms with Crippen LogP contribution in [0.4, 0.5) is 0 Å². The van der Waals surface area contributed by atoms with Crippen LogP contribution in [-0.2, 0) is 20.1 Å². The second kappa shape index (κ2) is 9.37. The molecule has 2 N–H and O–H groups in total. The van der Waals surface area contributed by atoms with Crippen molar-refractivity contribution in [3.05, 3.63) is 36.4 Å². The molecular formula is C13H22IN7. The zero-order valence-corrected chi connectivity index (χ0v) is 14.7. The fourth-order valence-corrected chi connectivity index (χ4v) is 1.78. The van der Waals surface area contributed by atoms with E-state index < -0.39 is 0 Å². The van der Waals surface area contributed by atoms with Crippen LogP contribution >= 0.6 is 24.0 Å². The largest absolute Gasteiger partial charge is 0.357 e. The third kappa shape index (κ3) is 5.74. The van der Waals surface area contributed by atoms with E-state index in [1.165, 1.54) is 0 Å². The van der Waals surface area contributed by atoms with Gasteiger partial charge in [0.25, 0.3) is 0 Å². The number of aliphatic imine (C=N–C) groups is 1. The van der Waals surface area contributed by atoms with Crippen LogP contribution in [0.25, 0.3) is 0 Å². The van der Waals surface area contributed by atoms with Crippen LogP contribution in [0, 0.1) is 0 Å². The van der Waals surface area contributed by atoms with Crippen LogP contribution in [0.2, 0.25) is 0 Å². The van der Waals surface area contributed by atoms with Crippen molar-refractivity contribution in [2.45, 2.75) is 20.0 Å². The van der Waals surface area contributed by atoms with E-state index in [-0.39, 0.29) is 24.0 Å². The number of hydrogen-bond donors (Lipinski definition) is 2. The topological polar surface area (TPSA) is 72.1 Å². The lowest BCUT2D eigenvalue weighted by Gasteiger charge is -2.11. The summed E-state index contributed by atoms with van der Waals surface area (Å²) in [5, 5.41) is 14.8. The van der Waals surface area contributed by atoms with Crippen molar-refractivity contribution in [3.8, 4) is 0 Å². The molecule has 0 saturated heterocycles. The minimum absolute atomic E-state index is 0. The lowest BCUT2D eigenvalue weighted by molar-refractivity contribution is 0.597. The molecular weight excluding hydrogens is 381 g/mol. The summed E-state index contributed by atoms with van der Waals surface area (Å²) in [6.07, 6.45) is 5.51. The summed E-state index contributed by atoms with van der Waals surface area (Å²) in [5.41, 5.74) is 1.08. The minimum atomic E-state index is 0. The number of guanidine groups is 1. The van der Waals surface area contributed by atoms with Crippen molar-refractivity contribution in [1.82, 2.24) is 30.2 Å². The minimum Gasteiger partial charge on any atom is -0.357 e. The highest BCUT2D eigenvalue weighted by molar-refractivity contribution is 14.0. The first-order chi connectivity index (χ1) is 9.79. The Kier molecular flexibility index (Phi) is 7.80. The molecule has 2 aromatic rings. The van der Waals surface area contributed by atoms with E-state index in [1.54, 1.807) is 12.4 Å². The van der Waals surface area contributed by atoms with Gasteiger partial charge in [0, 0.05) is 38.7 Å². The molecule has 0 aliphatic heterocycles. The summed E-state index contributed by atoms with van der Waals surface area (Å²) in [7, 11) is 1.92. The van der Waals surface area contributed by atoms with Gasteiger partial charge in [-0.2, -0.15) is 10.2 Å². The summed E-state index contributed by atoms with van der Waals surface area (Å²) in [6, 6.07) is 3.89. The van der Waals surface area contributed by atoms with Crippen molar-refractivity contribution >= 4 is 29.9 Å². The predicted octanol–water partition coefficient (Wildman–Crippen LogP) is 0.990. The number of halogens is 1. The van der Waals surface area contributed by atoms with Crippen molar-refractivity contribution in [3.63, 3.8) is 0 Å². The Morgan fingerprint density at radius 2 is 2.14 bits per heavy atom. The van der Waals surface area contributed by atoms with Crippen LogP contribution < -0.4 is 10.6 Å². The monoisotopic (exact) mass is 403 g/mol. The lowest BCUT2D eigenvalue weighted by Crippen LogP contribution is -2.38. The summed E-state index contributed by atoms with van der Waals surface area (Å²) < 4.78 is 3.72. The second-order valence-electron chi connectivity index (χ2n) is 4.34. The number of aromatic nitrogens is 4. The molecule has 0 aliphatic rings. The molecule has 0 saturated carbocycles.